The lowest BCUT2D eigenvalue weighted by atomic mass is 9.76. The van der Waals surface area contributed by atoms with Crippen LogP contribution < -0.4 is 0 Å². The summed E-state index contributed by atoms with van der Waals surface area (Å²) in [6, 6.07) is 0. The smallest absolute Gasteiger partial charge is 0.224 e. The molecule has 1 fully saturated rings. The first-order chi connectivity index (χ1) is 7.91. The third-order valence-corrected chi connectivity index (χ3v) is 3.60. The standard InChI is InChI=1S/C9H9Cl3O3.C2H6/c10-7(13)4-1-5(8(11)14)3-6(2-4)9(12)15;1-2/h4-6H,1-3H2;1-2H3. The molecule has 1 saturated carbocycles. The molecule has 0 N–H and O–H groups in total. The molecule has 0 bridgehead atoms. The molecule has 98 valence electrons. The molecule has 0 aromatic carbocycles. The van der Waals surface area contributed by atoms with Gasteiger partial charge in [0, 0.05) is 17.8 Å². The second-order valence-electron chi connectivity index (χ2n) is 3.71. The molecule has 3 nitrogen and oxygen atoms in total. The van der Waals surface area contributed by atoms with E-state index in [2.05, 4.69) is 0 Å². The summed E-state index contributed by atoms with van der Waals surface area (Å²) < 4.78 is 0. The van der Waals surface area contributed by atoms with Crippen LogP contribution in [0.2, 0.25) is 0 Å². The summed E-state index contributed by atoms with van der Waals surface area (Å²) >= 11 is 16.0. The third kappa shape index (κ3) is 5.36. The Morgan fingerprint density at radius 1 is 0.706 bits per heavy atom. The summed E-state index contributed by atoms with van der Waals surface area (Å²) in [6.45, 7) is 4.00. The van der Waals surface area contributed by atoms with Crippen molar-refractivity contribution in [3.8, 4) is 0 Å². The van der Waals surface area contributed by atoms with Crippen LogP contribution >= 0.6 is 34.8 Å². The van der Waals surface area contributed by atoms with Gasteiger partial charge in [0.05, 0.1) is 0 Å². The van der Waals surface area contributed by atoms with Gasteiger partial charge in [-0.25, -0.2) is 0 Å². The summed E-state index contributed by atoms with van der Waals surface area (Å²) in [6.07, 6.45) is 0.933. The van der Waals surface area contributed by atoms with Gasteiger partial charge < -0.3 is 0 Å². The molecule has 0 heterocycles. The molecule has 6 heteroatoms. The highest BCUT2D eigenvalue weighted by atomic mass is 35.5. The molecule has 0 atom stereocenters. The molecule has 1 aliphatic carbocycles. The maximum atomic E-state index is 11.0. The number of hydrogen-bond donors (Lipinski definition) is 0. The Morgan fingerprint density at radius 2 is 0.882 bits per heavy atom. The van der Waals surface area contributed by atoms with Gasteiger partial charge in [-0.3, -0.25) is 14.4 Å². The number of halogens is 3. The van der Waals surface area contributed by atoms with Crippen LogP contribution in [-0.4, -0.2) is 15.7 Å². The molecular formula is C11H15Cl3O3. The van der Waals surface area contributed by atoms with Crippen LogP contribution in [0.1, 0.15) is 33.1 Å². The topological polar surface area (TPSA) is 51.2 Å². The molecule has 0 aromatic heterocycles. The molecule has 0 aliphatic heterocycles. The third-order valence-electron chi connectivity index (χ3n) is 2.67. The number of hydrogen-bond acceptors (Lipinski definition) is 3. The van der Waals surface area contributed by atoms with Crippen molar-refractivity contribution in [2.75, 3.05) is 0 Å². The molecule has 0 radical (unpaired) electrons. The van der Waals surface area contributed by atoms with Crippen molar-refractivity contribution in [2.24, 2.45) is 17.8 Å². The van der Waals surface area contributed by atoms with E-state index in [4.69, 9.17) is 34.8 Å². The Hall–Kier alpha value is -0.120. The van der Waals surface area contributed by atoms with Crippen LogP contribution in [0.4, 0.5) is 0 Å². The van der Waals surface area contributed by atoms with Gasteiger partial charge in [-0.15, -0.1) is 0 Å². The lowest BCUT2D eigenvalue weighted by molar-refractivity contribution is -0.123. The first kappa shape index (κ1) is 16.9. The van der Waals surface area contributed by atoms with Gasteiger partial charge in [-0.2, -0.15) is 0 Å². The molecule has 1 rings (SSSR count). The Kier molecular flexibility index (Phi) is 8.01. The van der Waals surface area contributed by atoms with E-state index in [-0.39, 0.29) is 0 Å². The quantitative estimate of drug-likeness (QED) is 0.751. The first-order valence-electron chi connectivity index (χ1n) is 5.49. The van der Waals surface area contributed by atoms with Gasteiger partial charge in [0.1, 0.15) is 0 Å². The van der Waals surface area contributed by atoms with Crippen molar-refractivity contribution in [3.05, 3.63) is 0 Å². The molecule has 0 unspecified atom stereocenters. The van der Waals surface area contributed by atoms with Gasteiger partial charge in [-0.05, 0) is 54.1 Å². The van der Waals surface area contributed by atoms with E-state index in [1.54, 1.807) is 0 Å². The largest absolute Gasteiger partial charge is 0.281 e. The Balaban J connectivity index is 0.00000121. The predicted molar refractivity (Wildman–Crippen MR) is 68.2 cm³/mol. The van der Waals surface area contributed by atoms with E-state index in [0.29, 0.717) is 19.3 Å². The van der Waals surface area contributed by atoms with E-state index in [0.717, 1.165) is 0 Å². The zero-order valence-electron chi connectivity index (χ0n) is 9.71. The molecule has 0 saturated heterocycles. The van der Waals surface area contributed by atoms with Gasteiger partial charge in [-0.1, -0.05) is 13.8 Å². The van der Waals surface area contributed by atoms with Crippen LogP contribution in [0.15, 0.2) is 0 Å². The normalized spacial score (nSPS) is 27.7. The van der Waals surface area contributed by atoms with Crippen molar-refractivity contribution < 1.29 is 14.4 Å². The van der Waals surface area contributed by atoms with Crippen LogP contribution in [0.3, 0.4) is 0 Å². The van der Waals surface area contributed by atoms with Crippen LogP contribution in [-0.2, 0) is 14.4 Å². The van der Waals surface area contributed by atoms with E-state index in [1.165, 1.54) is 0 Å². The minimum atomic E-state index is -0.541. The maximum absolute atomic E-state index is 11.0. The molecule has 17 heavy (non-hydrogen) atoms. The van der Waals surface area contributed by atoms with Gasteiger partial charge in [0.15, 0.2) is 0 Å². The van der Waals surface area contributed by atoms with Gasteiger partial charge >= 0.3 is 0 Å². The van der Waals surface area contributed by atoms with Crippen LogP contribution in [0, 0.1) is 17.8 Å². The Labute approximate surface area is 116 Å². The fraction of sp³-hybridized carbons (Fsp3) is 0.727. The second kappa shape index (κ2) is 8.06. The van der Waals surface area contributed by atoms with Gasteiger partial charge in [0.2, 0.25) is 15.7 Å². The predicted octanol–water partition coefficient (Wildman–Crippen LogP) is 3.34. The van der Waals surface area contributed by atoms with Crippen molar-refractivity contribution >= 4 is 50.5 Å². The fourth-order valence-electron chi connectivity index (χ4n) is 1.87. The van der Waals surface area contributed by atoms with E-state index >= 15 is 0 Å². The second-order valence-corrected chi connectivity index (χ2v) is 4.83. The SMILES string of the molecule is CC.O=C(Cl)C1CC(C(=O)Cl)CC(C(=O)Cl)C1. The summed E-state index contributed by atoms with van der Waals surface area (Å²) in [4.78, 5) is 33.0. The minimum Gasteiger partial charge on any atom is -0.281 e. The molecular weight excluding hydrogens is 286 g/mol. The number of rotatable bonds is 3. The Bertz CT molecular complexity index is 251. The van der Waals surface area contributed by atoms with Crippen molar-refractivity contribution in [1.29, 1.82) is 0 Å². The average Bonchev–Trinajstić information content (AvgIpc) is 2.30. The molecule has 0 amide bonds. The van der Waals surface area contributed by atoms with Crippen molar-refractivity contribution in [2.45, 2.75) is 33.1 Å². The van der Waals surface area contributed by atoms with E-state index in [1.807, 2.05) is 13.8 Å². The highest BCUT2D eigenvalue weighted by Crippen LogP contribution is 2.36. The number of carbonyl (C=O) groups excluding carboxylic acids is 3. The molecule has 0 spiro atoms. The average molecular weight is 302 g/mol. The lowest BCUT2D eigenvalue weighted by Gasteiger charge is -2.29. The van der Waals surface area contributed by atoms with Gasteiger partial charge in [0.25, 0.3) is 0 Å². The highest BCUT2D eigenvalue weighted by Gasteiger charge is 2.37. The summed E-state index contributed by atoms with van der Waals surface area (Å²) in [5.74, 6) is -1.50. The van der Waals surface area contributed by atoms with Crippen molar-refractivity contribution in [3.63, 3.8) is 0 Å². The molecule has 0 aromatic rings. The molecule has 1 aliphatic rings. The van der Waals surface area contributed by atoms with Crippen LogP contribution in [0.25, 0.3) is 0 Å². The summed E-state index contributed by atoms with van der Waals surface area (Å²) in [7, 11) is 0. The highest BCUT2D eigenvalue weighted by molar-refractivity contribution is 6.65. The van der Waals surface area contributed by atoms with E-state index < -0.39 is 33.5 Å². The zero-order chi connectivity index (χ0) is 13.6. The lowest BCUT2D eigenvalue weighted by Crippen LogP contribution is -2.31. The summed E-state index contributed by atoms with van der Waals surface area (Å²) in [5.41, 5.74) is 0. The monoisotopic (exact) mass is 300 g/mol. The zero-order valence-corrected chi connectivity index (χ0v) is 12.0. The summed E-state index contributed by atoms with van der Waals surface area (Å²) in [5, 5.41) is -1.62. The van der Waals surface area contributed by atoms with Crippen molar-refractivity contribution in [1.82, 2.24) is 0 Å². The van der Waals surface area contributed by atoms with Crippen LogP contribution in [0.5, 0.6) is 0 Å². The minimum absolute atomic E-state index is 0.311. The van der Waals surface area contributed by atoms with E-state index in [9.17, 15) is 14.4 Å². The number of carbonyl (C=O) groups is 3. The Morgan fingerprint density at radius 3 is 1.00 bits per heavy atom. The fourth-order valence-corrected chi connectivity index (χ4v) is 2.41. The first-order valence-corrected chi connectivity index (χ1v) is 6.63. The maximum Gasteiger partial charge on any atom is 0.224 e.